The molecule has 0 N–H and O–H groups in total. The van der Waals surface area contributed by atoms with Gasteiger partial charge in [0.1, 0.15) is 11.2 Å². The van der Waals surface area contributed by atoms with E-state index in [0.717, 1.165) is 60.9 Å². The van der Waals surface area contributed by atoms with E-state index in [4.69, 9.17) is 19.4 Å². The van der Waals surface area contributed by atoms with E-state index in [1.165, 1.54) is 0 Å². The van der Waals surface area contributed by atoms with E-state index in [2.05, 4.69) is 66.7 Å². The van der Waals surface area contributed by atoms with Crippen LogP contribution in [0.2, 0.25) is 0 Å². The van der Waals surface area contributed by atoms with Crippen molar-refractivity contribution in [3.63, 3.8) is 0 Å². The van der Waals surface area contributed by atoms with Crippen LogP contribution in [0.15, 0.2) is 156 Å². The minimum Gasteiger partial charge on any atom is -0.456 e. The summed E-state index contributed by atoms with van der Waals surface area (Å²) in [6.45, 7) is 0. The summed E-state index contributed by atoms with van der Waals surface area (Å²) in [5, 5.41) is 2.19. The highest BCUT2D eigenvalue weighted by Gasteiger charge is 2.17. The van der Waals surface area contributed by atoms with Gasteiger partial charge in [-0.2, -0.15) is 0 Å². The zero-order valence-corrected chi connectivity index (χ0v) is 23.2. The largest absolute Gasteiger partial charge is 0.456 e. The summed E-state index contributed by atoms with van der Waals surface area (Å²) in [4.78, 5) is 15.0. The number of fused-ring (bicyclic) bond motifs is 3. The highest BCUT2D eigenvalue weighted by Crippen LogP contribution is 2.39. The number of hydrogen-bond acceptors (Lipinski definition) is 4. The van der Waals surface area contributed by atoms with Gasteiger partial charge in [-0.1, -0.05) is 121 Å². The summed E-state index contributed by atoms with van der Waals surface area (Å²) >= 11 is 0. The Hall–Kier alpha value is -5.87. The minimum atomic E-state index is 0.621. The summed E-state index contributed by atoms with van der Waals surface area (Å²) in [6.07, 6.45) is 0. The molecule has 0 spiro atoms. The van der Waals surface area contributed by atoms with Crippen molar-refractivity contribution in [1.29, 1.82) is 0 Å². The molecule has 4 nitrogen and oxygen atoms in total. The molecule has 43 heavy (non-hydrogen) atoms. The Labute approximate surface area is 249 Å². The fourth-order valence-electron chi connectivity index (χ4n) is 5.66. The summed E-state index contributed by atoms with van der Waals surface area (Å²) < 4.78 is 6.24. The standard InChI is InChI=1S/C39H25N3O/c1-4-13-26(14-5-1)29-23-30(32-20-12-22-35-36(32)33-19-10-11-21-34(33)43-35)25-31(24-29)39-41-37(27-15-6-2-7-16-27)40-38(42-39)28-17-8-3-9-18-28/h1-25H. The molecule has 2 heterocycles. The van der Waals surface area contributed by atoms with Crippen LogP contribution >= 0.6 is 0 Å². The van der Waals surface area contributed by atoms with Crippen LogP contribution in [0.3, 0.4) is 0 Å². The molecule has 8 rings (SSSR count). The van der Waals surface area contributed by atoms with Gasteiger partial charge >= 0.3 is 0 Å². The highest BCUT2D eigenvalue weighted by molar-refractivity contribution is 6.12. The van der Waals surface area contributed by atoms with E-state index in [-0.39, 0.29) is 0 Å². The van der Waals surface area contributed by atoms with E-state index in [1.54, 1.807) is 0 Å². The quantitative estimate of drug-likeness (QED) is 0.214. The van der Waals surface area contributed by atoms with Crippen molar-refractivity contribution in [2.45, 2.75) is 0 Å². The van der Waals surface area contributed by atoms with Gasteiger partial charge in [-0.15, -0.1) is 0 Å². The number of nitrogens with zero attached hydrogens (tertiary/aromatic N) is 3. The van der Waals surface area contributed by atoms with Crippen molar-refractivity contribution in [1.82, 2.24) is 15.0 Å². The van der Waals surface area contributed by atoms with Gasteiger partial charge in [0.15, 0.2) is 17.5 Å². The molecule has 0 amide bonds. The lowest BCUT2D eigenvalue weighted by Gasteiger charge is -2.13. The van der Waals surface area contributed by atoms with Crippen LogP contribution < -0.4 is 0 Å². The van der Waals surface area contributed by atoms with Gasteiger partial charge in [-0.05, 0) is 52.6 Å². The van der Waals surface area contributed by atoms with E-state index in [1.807, 2.05) is 84.9 Å². The molecule has 0 aliphatic carbocycles. The van der Waals surface area contributed by atoms with Crippen LogP contribution in [0.25, 0.3) is 78.4 Å². The van der Waals surface area contributed by atoms with E-state index in [9.17, 15) is 0 Å². The minimum absolute atomic E-state index is 0.621. The third kappa shape index (κ3) is 4.65. The predicted octanol–water partition coefficient (Wildman–Crippen LogP) is 10.1. The first kappa shape index (κ1) is 24.9. The van der Waals surface area contributed by atoms with Crippen LogP contribution in [0.1, 0.15) is 0 Å². The fourth-order valence-corrected chi connectivity index (χ4v) is 5.66. The first-order chi connectivity index (χ1) is 21.3. The van der Waals surface area contributed by atoms with Crippen molar-refractivity contribution in [2.75, 3.05) is 0 Å². The molecule has 6 aromatic carbocycles. The zero-order chi connectivity index (χ0) is 28.6. The number of hydrogen-bond donors (Lipinski definition) is 0. The maximum Gasteiger partial charge on any atom is 0.164 e. The topological polar surface area (TPSA) is 51.8 Å². The second-order valence-corrected chi connectivity index (χ2v) is 10.5. The summed E-state index contributed by atoms with van der Waals surface area (Å²) in [5.74, 6) is 1.90. The molecule has 202 valence electrons. The number of furan rings is 1. The molecule has 0 fully saturated rings. The average molecular weight is 552 g/mol. The molecular formula is C39H25N3O. The SMILES string of the molecule is c1ccc(-c2cc(-c3nc(-c4ccccc4)nc(-c4ccccc4)n3)cc(-c3cccc4oc5ccccc5c34)c2)cc1. The van der Waals surface area contributed by atoms with Crippen LogP contribution in [0, 0.1) is 0 Å². The molecule has 0 aliphatic heterocycles. The van der Waals surface area contributed by atoms with Gasteiger partial charge in [0.25, 0.3) is 0 Å². The molecule has 0 bridgehead atoms. The van der Waals surface area contributed by atoms with Gasteiger partial charge in [-0.3, -0.25) is 0 Å². The number of aromatic nitrogens is 3. The Morgan fingerprint density at radius 1 is 0.349 bits per heavy atom. The Bertz CT molecular complexity index is 2170. The van der Waals surface area contributed by atoms with Gasteiger partial charge in [0.05, 0.1) is 0 Å². The Morgan fingerprint density at radius 2 is 0.837 bits per heavy atom. The Kier molecular flexibility index (Phi) is 6.08. The number of benzene rings is 6. The monoisotopic (exact) mass is 551 g/mol. The van der Waals surface area contributed by atoms with Gasteiger partial charge in [-0.25, -0.2) is 15.0 Å². The van der Waals surface area contributed by atoms with Crippen molar-refractivity contribution < 1.29 is 4.42 Å². The molecular weight excluding hydrogens is 526 g/mol. The fraction of sp³-hybridized carbons (Fsp3) is 0. The summed E-state index contributed by atoms with van der Waals surface area (Å²) in [6, 6.07) is 51.6. The van der Waals surface area contributed by atoms with E-state index < -0.39 is 0 Å². The first-order valence-electron chi connectivity index (χ1n) is 14.3. The number of rotatable bonds is 5. The van der Waals surface area contributed by atoms with Crippen LogP contribution in [-0.2, 0) is 0 Å². The Balaban J connectivity index is 1.40. The lowest BCUT2D eigenvalue weighted by Crippen LogP contribution is -2.00. The first-order valence-corrected chi connectivity index (χ1v) is 14.3. The summed E-state index contributed by atoms with van der Waals surface area (Å²) in [7, 11) is 0. The molecule has 2 aromatic heterocycles. The van der Waals surface area contributed by atoms with Crippen molar-refractivity contribution in [2.24, 2.45) is 0 Å². The lowest BCUT2D eigenvalue weighted by atomic mass is 9.93. The predicted molar refractivity (Wildman–Crippen MR) is 174 cm³/mol. The summed E-state index contributed by atoms with van der Waals surface area (Å²) in [5.41, 5.74) is 8.91. The average Bonchev–Trinajstić information content (AvgIpc) is 3.48. The molecule has 8 aromatic rings. The van der Waals surface area contributed by atoms with E-state index >= 15 is 0 Å². The molecule has 0 atom stereocenters. The smallest absolute Gasteiger partial charge is 0.164 e. The third-order valence-electron chi connectivity index (χ3n) is 7.71. The second-order valence-electron chi connectivity index (χ2n) is 10.5. The maximum atomic E-state index is 6.24. The van der Waals surface area contributed by atoms with Crippen molar-refractivity contribution >= 4 is 21.9 Å². The molecule has 4 heteroatoms. The van der Waals surface area contributed by atoms with Crippen LogP contribution in [-0.4, -0.2) is 15.0 Å². The molecule has 0 saturated carbocycles. The van der Waals surface area contributed by atoms with Crippen molar-refractivity contribution in [3.05, 3.63) is 152 Å². The van der Waals surface area contributed by atoms with Gasteiger partial charge in [0.2, 0.25) is 0 Å². The molecule has 0 aliphatic rings. The Morgan fingerprint density at radius 3 is 1.49 bits per heavy atom. The molecule has 0 unspecified atom stereocenters. The number of para-hydroxylation sites is 1. The zero-order valence-electron chi connectivity index (χ0n) is 23.2. The van der Waals surface area contributed by atoms with Crippen molar-refractivity contribution in [3.8, 4) is 56.4 Å². The van der Waals surface area contributed by atoms with Gasteiger partial charge < -0.3 is 4.42 Å². The van der Waals surface area contributed by atoms with Gasteiger partial charge in [0, 0.05) is 27.5 Å². The lowest BCUT2D eigenvalue weighted by molar-refractivity contribution is 0.669. The molecule has 0 saturated heterocycles. The van der Waals surface area contributed by atoms with E-state index in [0.29, 0.717) is 17.5 Å². The second kappa shape index (κ2) is 10.5. The van der Waals surface area contributed by atoms with Crippen LogP contribution in [0.5, 0.6) is 0 Å². The molecule has 0 radical (unpaired) electrons. The third-order valence-corrected chi connectivity index (χ3v) is 7.71. The van der Waals surface area contributed by atoms with Crippen LogP contribution in [0.4, 0.5) is 0 Å². The maximum absolute atomic E-state index is 6.24. The highest BCUT2D eigenvalue weighted by atomic mass is 16.3. The normalized spacial score (nSPS) is 11.3.